The van der Waals surface area contributed by atoms with Crippen molar-refractivity contribution in [3.63, 3.8) is 0 Å². The van der Waals surface area contributed by atoms with Crippen LogP contribution in [0.5, 0.6) is 0 Å². The van der Waals surface area contributed by atoms with Crippen molar-refractivity contribution in [1.82, 2.24) is 14.7 Å². The first kappa shape index (κ1) is 13.0. The third-order valence-corrected chi connectivity index (χ3v) is 4.39. The third kappa shape index (κ3) is 1.87. The lowest BCUT2D eigenvalue weighted by Gasteiger charge is -2.29. The number of fused-ring (bicyclic) bond motifs is 1. The van der Waals surface area contributed by atoms with Gasteiger partial charge in [-0.1, -0.05) is 11.6 Å². The molecule has 5 nitrogen and oxygen atoms in total. The van der Waals surface area contributed by atoms with E-state index in [0.29, 0.717) is 16.2 Å². The number of nitrogens with one attached hydrogen (secondary N) is 1. The van der Waals surface area contributed by atoms with Gasteiger partial charge in [0.25, 0.3) is 0 Å². The molecule has 0 bridgehead atoms. The largest absolute Gasteiger partial charge is 0.353 e. The van der Waals surface area contributed by atoms with Crippen LogP contribution >= 0.6 is 23.4 Å². The van der Waals surface area contributed by atoms with Gasteiger partial charge in [-0.3, -0.25) is 4.40 Å². The molecule has 1 atom stereocenters. The number of pyridine rings is 1. The van der Waals surface area contributed by atoms with Gasteiger partial charge in [0.1, 0.15) is 11.8 Å². The van der Waals surface area contributed by atoms with Crippen LogP contribution in [0.1, 0.15) is 5.69 Å². The molecule has 7 heteroatoms. The molecular weight excluding hydrogens is 294 g/mol. The molecule has 0 amide bonds. The molecule has 3 heterocycles. The summed E-state index contributed by atoms with van der Waals surface area (Å²) in [6, 6.07) is 5.71. The second kappa shape index (κ2) is 4.85. The maximum Gasteiger partial charge on any atom is 0.220 e. The van der Waals surface area contributed by atoms with Crippen molar-refractivity contribution < 1.29 is 0 Å². The average molecular weight is 304 g/mol. The zero-order valence-electron chi connectivity index (χ0n) is 10.5. The number of aromatic nitrogens is 2. The summed E-state index contributed by atoms with van der Waals surface area (Å²) in [5.74, 6) is 0. The molecule has 2 aromatic heterocycles. The minimum atomic E-state index is -0.704. The highest BCUT2D eigenvalue weighted by Gasteiger charge is 2.34. The fourth-order valence-corrected chi connectivity index (χ4v) is 2.96. The van der Waals surface area contributed by atoms with Gasteiger partial charge in [-0.2, -0.15) is 5.26 Å². The van der Waals surface area contributed by atoms with E-state index >= 15 is 0 Å². The SMILES string of the molecule is CSC1(c2cnc3c(Cl)cccn23)N=CC(C#N)=CN1. The molecule has 3 rings (SSSR count). The van der Waals surface area contributed by atoms with Gasteiger partial charge in [0.05, 0.1) is 16.8 Å². The van der Waals surface area contributed by atoms with E-state index in [0.717, 1.165) is 5.69 Å². The molecule has 0 spiro atoms. The topological polar surface area (TPSA) is 65.5 Å². The Morgan fingerprint density at radius 3 is 3.05 bits per heavy atom. The zero-order chi connectivity index (χ0) is 14.2. The van der Waals surface area contributed by atoms with E-state index in [9.17, 15) is 0 Å². The highest BCUT2D eigenvalue weighted by molar-refractivity contribution is 7.99. The summed E-state index contributed by atoms with van der Waals surface area (Å²) in [6.45, 7) is 0. The number of nitrogens with zero attached hydrogens (tertiary/aromatic N) is 4. The van der Waals surface area contributed by atoms with Gasteiger partial charge in [0.15, 0.2) is 5.65 Å². The van der Waals surface area contributed by atoms with Crippen molar-refractivity contribution in [2.75, 3.05) is 6.26 Å². The molecule has 0 aliphatic carbocycles. The number of rotatable bonds is 2. The minimum Gasteiger partial charge on any atom is -0.353 e. The van der Waals surface area contributed by atoms with Crippen molar-refractivity contribution in [2.24, 2.45) is 4.99 Å². The highest BCUT2D eigenvalue weighted by atomic mass is 35.5. The smallest absolute Gasteiger partial charge is 0.220 e. The third-order valence-electron chi connectivity index (χ3n) is 3.07. The van der Waals surface area contributed by atoms with Crippen LogP contribution in [-0.2, 0) is 4.99 Å². The van der Waals surface area contributed by atoms with E-state index in [1.165, 1.54) is 11.8 Å². The molecule has 0 fully saturated rings. The van der Waals surface area contributed by atoms with E-state index in [2.05, 4.69) is 21.4 Å². The Morgan fingerprint density at radius 2 is 2.40 bits per heavy atom. The van der Waals surface area contributed by atoms with Crippen LogP contribution in [-0.4, -0.2) is 21.9 Å². The van der Waals surface area contributed by atoms with Crippen molar-refractivity contribution in [3.8, 4) is 6.07 Å². The van der Waals surface area contributed by atoms with Crippen molar-refractivity contribution in [3.05, 3.63) is 47.0 Å². The van der Waals surface area contributed by atoms with Crippen LogP contribution < -0.4 is 5.32 Å². The summed E-state index contributed by atoms with van der Waals surface area (Å²) in [5.41, 5.74) is 2.03. The summed E-state index contributed by atoms with van der Waals surface area (Å²) < 4.78 is 1.90. The van der Waals surface area contributed by atoms with Gasteiger partial charge in [-0.25, -0.2) is 9.98 Å². The molecule has 0 radical (unpaired) electrons. The minimum absolute atomic E-state index is 0.488. The van der Waals surface area contributed by atoms with E-state index < -0.39 is 4.99 Å². The fourth-order valence-electron chi connectivity index (χ4n) is 2.06. The number of imidazole rings is 1. The predicted molar refractivity (Wildman–Crippen MR) is 80.7 cm³/mol. The number of aliphatic imine (C=N–C) groups is 1. The van der Waals surface area contributed by atoms with Gasteiger partial charge in [0, 0.05) is 18.6 Å². The molecule has 0 saturated carbocycles. The Morgan fingerprint density at radius 1 is 1.55 bits per heavy atom. The fraction of sp³-hybridized carbons (Fsp3) is 0.154. The number of hydrogen-bond donors (Lipinski definition) is 1. The summed E-state index contributed by atoms with van der Waals surface area (Å²) in [7, 11) is 0. The van der Waals surface area contributed by atoms with Crippen LogP contribution in [0.3, 0.4) is 0 Å². The van der Waals surface area contributed by atoms with Crippen molar-refractivity contribution in [1.29, 1.82) is 5.26 Å². The zero-order valence-corrected chi connectivity index (χ0v) is 12.1. The first-order valence-corrected chi connectivity index (χ1v) is 7.41. The monoisotopic (exact) mass is 303 g/mol. The normalized spacial score (nSPS) is 21.4. The number of hydrogen-bond acceptors (Lipinski definition) is 5. The molecule has 20 heavy (non-hydrogen) atoms. The van der Waals surface area contributed by atoms with E-state index in [4.69, 9.17) is 16.9 Å². The lowest BCUT2D eigenvalue weighted by atomic mass is 10.2. The Labute approximate surface area is 125 Å². The molecular formula is C13H10ClN5S. The first-order chi connectivity index (χ1) is 9.70. The molecule has 100 valence electrons. The van der Waals surface area contributed by atoms with Crippen molar-refractivity contribution in [2.45, 2.75) is 4.99 Å². The molecule has 0 saturated heterocycles. The van der Waals surface area contributed by atoms with Gasteiger partial charge in [-0.15, -0.1) is 11.8 Å². The maximum atomic E-state index is 8.88. The second-order valence-electron chi connectivity index (χ2n) is 4.16. The standard InChI is InChI=1S/C13H10ClN5S/c1-20-13(17-6-9(5-15)7-18-13)11-8-16-12-10(14)3-2-4-19(11)12/h2-4,6-8,17H,1H3. The van der Waals surface area contributed by atoms with Gasteiger partial charge >= 0.3 is 0 Å². The van der Waals surface area contributed by atoms with Gasteiger partial charge in [-0.05, 0) is 18.4 Å². The summed E-state index contributed by atoms with van der Waals surface area (Å²) in [4.78, 5) is 8.13. The molecule has 1 N–H and O–H groups in total. The van der Waals surface area contributed by atoms with E-state index in [-0.39, 0.29) is 0 Å². The van der Waals surface area contributed by atoms with Crippen LogP contribution in [0.2, 0.25) is 5.02 Å². The van der Waals surface area contributed by atoms with E-state index in [1.54, 1.807) is 24.7 Å². The summed E-state index contributed by atoms with van der Waals surface area (Å²) >= 11 is 7.66. The Hall–Kier alpha value is -1.97. The number of thioether (sulfide) groups is 1. The highest BCUT2D eigenvalue weighted by Crippen LogP contribution is 2.36. The van der Waals surface area contributed by atoms with Crippen LogP contribution in [0.4, 0.5) is 0 Å². The van der Waals surface area contributed by atoms with E-state index in [1.807, 2.05) is 22.9 Å². The molecule has 2 aromatic rings. The van der Waals surface area contributed by atoms with Gasteiger partial charge < -0.3 is 5.32 Å². The lowest BCUT2D eigenvalue weighted by Crippen LogP contribution is -2.37. The lowest BCUT2D eigenvalue weighted by molar-refractivity contribution is 0.564. The molecule has 1 aliphatic rings. The Balaban J connectivity index is 2.15. The van der Waals surface area contributed by atoms with Crippen molar-refractivity contribution >= 4 is 35.2 Å². The second-order valence-corrected chi connectivity index (χ2v) is 5.56. The maximum absolute atomic E-state index is 8.88. The quantitative estimate of drug-likeness (QED) is 0.926. The van der Waals surface area contributed by atoms with Gasteiger partial charge in [0.2, 0.25) is 4.99 Å². The average Bonchev–Trinajstić information content (AvgIpc) is 2.93. The van der Waals surface area contributed by atoms with Crippen LogP contribution in [0.25, 0.3) is 5.65 Å². The number of allylic oxidation sites excluding steroid dienone is 1. The summed E-state index contributed by atoms with van der Waals surface area (Å²) in [5, 5.41) is 12.6. The van der Waals surface area contributed by atoms with Crippen LogP contribution in [0.15, 0.2) is 41.3 Å². The molecule has 0 aromatic carbocycles. The number of halogens is 1. The molecule has 1 unspecified atom stereocenters. The predicted octanol–water partition coefficient (Wildman–Crippen LogP) is 2.54. The molecule has 1 aliphatic heterocycles. The first-order valence-electron chi connectivity index (χ1n) is 5.80. The number of nitriles is 1. The Kier molecular flexibility index (Phi) is 3.16. The summed E-state index contributed by atoms with van der Waals surface area (Å²) in [6.07, 6.45) is 8.80. The Bertz CT molecular complexity index is 773. The van der Waals surface area contributed by atoms with Crippen LogP contribution in [0, 0.1) is 11.3 Å².